The van der Waals surface area contributed by atoms with Crippen molar-refractivity contribution in [2.24, 2.45) is 0 Å². The number of sulfonamides is 1. The van der Waals surface area contributed by atoms with Gasteiger partial charge in [-0.15, -0.1) is 0 Å². The molecule has 0 unspecified atom stereocenters. The third kappa shape index (κ3) is 3.01. The number of nitrogens with two attached hydrogens (primary N) is 1. The molecule has 0 aliphatic carbocycles. The van der Waals surface area contributed by atoms with E-state index in [9.17, 15) is 13.2 Å². The van der Waals surface area contributed by atoms with E-state index in [0.29, 0.717) is 0 Å². The van der Waals surface area contributed by atoms with E-state index in [1.165, 1.54) is 38.4 Å². The maximum Gasteiger partial charge on any atom is 0.281 e. The Bertz CT molecular complexity index is 768. The van der Waals surface area contributed by atoms with Gasteiger partial charge in [-0.2, -0.15) is 0 Å². The Morgan fingerprint density at radius 1 is 1.33 bits per heavy atom. The van der Waals surface area contributed by atoms with Crippen molar-refractivity contribution < 1.29 is 17.8 Å². The molecular formula is C11H13N5O4S. The highest BCUT2D eigenvalue weighted by Gasteiger charge is 2.19. The molecular weight excluding hydrogens is 298 g/mol. The number of rotatable bonds is 4. The van der Waals surface area contributed by atoms with E-state index >= 15 is 0 Å². The minimum Gasteiger partial charge on any atom is -0.379 e. The lowest BCUT2D eigenvalue weighted by atomic mass is 10.3. The summed E-state index contributed by atoms with van der Waals surface area (Å²) in [7, 11) is -0.748. The smallest absolute Gasteiger partial charge is 0.281 e. The largest absolute Gasteiger partial charge is 0.379 e. The number of hydrogen-bond donors (Lipinski definition) is 2. The van der Waals surface area contributed by atoms with Gasteiger partial charge in [0.05, 0.1) is 4.90 Å². The number of benzene rings is 1. The van der Waals surface area contributed by atoms with Crippen LogP contribution in [0.25, 0.3) is 0 Å². The zero-order chi connectivity index (χ0) is 15.6. The molecule has 0 saturated carbocycles. The van der Waals surface area contributed by atoms with Crippen LogP contribution < -0.4 is 11.1 Å². The summed E-state index contributed by atoms with van der Waals surface area (Å²) in [6.07, 6.45) is 0. The van der Waals surface area contributed by atoms with E-state index in [0.717, 1.165) is 4.31 Å². The molecule has 1 aromatic carbocycles. The van der Waals surface area contributed by atoms with E-state index in [2.05, 4.69) is 20.3 Å². The molecule has 0 bridgehead atoms. The molecule has 21 heavy (non-hydrogen) atoms. The standard InChI is InChI=1S/C11H13N5O4S/c1-16(2)21(18,19)8-5-3-4-7(6-8)13-11(17)9-10(12)15-20-14-9/h3-6H,1-2H3,(H2,12,15)(H,13,17). The number of carbonyl (C=O) groups is 1. The monoisotopic (exact) mass is 311 g/mol. The number of amides is 1. The van der Waals surface area contributed by atoms with Crippen molar-refractivity contribution in [3.8, 4) is 0 Å². The molecule has 0 fully saturated rings. The van der Waals surface area contributed by atoms with Crippen LogP contribution >= 0.6 is 0 Å². The van der Waals surface area contributed by atoms with E-state index in [4.69, 9.17) is 5.73 Å². The number of aromatic nitrogens is 2. The lowest BCUT2D eigenvalue weighted by Gasteiger charge is -2.12. The number of anilines is 2. The molecule has 2 rings (SSSR count). The molecule has 0 saturated heterocycles. The van der Waals surface area contributed by atoms with Crippen molar-refractivity contribution in [1.82, 2.24) is 14.6 Å². The van der Waals surface area contributed by atoms with E-state index in [1.54, 1.807) is 0 Å². The molecule has 0 atom stereocenters. The number of hydrogen-bond acceptors (Lipinski definition) is 7. The Morgan fingerprint density at radius 3 is 2.62 bits per heavy atom. The van der Waals surface area contributed by atoms with Crippen LogP contribution in [0.5, 0.6) is 0 Å². The van der Waals surface area contributed by atoms with Gasteiger partial charge >= 0.3 is 0 Å². The van der Waals surface area contributed by atoms with Gasteiger partial charge in [-0.25, -0.2) is 17.4 Å². The molecule has 0 aliphatic rings. The predicted molar refractivity (Wildman–Crippen MR) is 74.0 cm³/mol. The Balaban J connectivity index is 2.27. The first-order valence-electron chi connectivity index (χ1n) is 5.74. The van der Waals surface area contributed by atoms with Crippen molar-refractivity contribution in [2.45, 2.75) is 4.90 Å². The van der Waals surface area contributed by atoms with E-state index in [-0.39, 0.29) is 22.1 Å². The van der Waals surface area contributed by atoms with Crippen LogP contribution in [0, 0.1) is 0 Å². The number of nitrogens with zero attached hydrogens (tertiary/aromatic N) is 3. The highest BCUT2D eigenvalue weighted by atomic mass is 32.2. The zero-order valence-electron chi connectivity index (χ0n) is 11.3. The summed E-state index contributed by atoms with van der Waals surface area (Å²) < 4.78 is 29.4. The average Bonchev–Trinajstić information content (AvgIpc) is 2.85. The van der Waals surface area contributed by atoms with Gasteiger partial charge in [0.15, 0.2) is 0 Å². The average molecular weight is 311 g/mol. The zero-order valence-corrected chi connectivity index (χ0v) is 12.1. The number of nitrogen functional groups attached to an aromatic ring is 1. The van der Waals surface area contributed by atoms with Crippen molar-refractivity contribution >= 4 is 27.4 Å². The SMILES string of the molecule is CN(C)S(=O)(=O)c1cccc(NC(=O)c2nonc2N)c1. The molecule has 112 valence electrons. The van der Waals surface area contributed by atoms with Crippen molar-refractivity contribution in [3.05, 3.63) is 30.0 Å². The van der Waals surface area contributed by atoms with Crippen LogP contribution in [0.3, 0.4) is 0 Å². The maximum atomic E-state index is 12.0. The van der Waals surface area contributed by atoms with Crippen LogP contribution in [0.2, 0.25) is 0 Å². The quantitative estimate of drug-likeness (QED) is 0.821. The summed E-state index contributed by atoms with van der Waals surface area (Å²) in [5.74, 6) is -0.794. The fraction of sp³-hybridized carbons (Fsp3) is 0.182. The summed E-state index contributed by atoms with van der Waals surface area (Å²) in [4.78, 5) is 11.9. The minimum atomic E-state index is -3.59. The fourth-order valence-electron chi connectivity index (χ4n) is 1.49. The van der Waals surface area contributed by atoms with Crippen molar-refractivity contribution in [1.29, 1.82) is 0 Å². The van der Waals surface area contributed by atoms with Gasteiger partial charge in [-0.3, -0.25) is 4.79 Å². The highest BCUT2D eigenvalue weighted by molar-refractivity contribution is 7.89. The first-order chi connectivity index (χ1) is 9.82. The molecule has 0 spiro atoms. The lowest BCUT2D eigenvalue weighted by molar-refractivity contribution is 0.101. The van der Waals surface area contributed by atoms with Crippen molar-refractivity contribution in [3.63, 3.8) is 0 Å². The van der Waals surface area contributed by atoms with Gasteiger partial charge < -0.3 is 11.1 Å². The molecule has 9 nitrogen and oxygen atoms in total. The highest BCUT2D eigenvalue weighted by Crippen LogP contribution is 2.18. The topological polar surface area (TPSA) is 131 Å². The maximum absolute atomic E-state index is 12.0. The van der Waals surface area contributed by atoms with Gasteiger partial charge in [-0.1, -0.05) is 6.07 Å². The molecule has 1 aromatic heterocycles. The molecule has 2 aromatic rings. The van der Waals surface area contributed by atoms with E-state index in [1.807, 2.05) is 0 Å². The van der Waals surface area contributed by atoms with Gasteiger partial charge in [0, 0.05) is 19.8 Å². The minimum absolute atomic E-state index is 0.0524. The summed E-state index contributed by atoms with van der Waals surface area (Å²) in [6, 6.07) is 5.81. The van der Waals surface area contributed by atoms with Crippen LogP contribution in [-0.4, -0.2) is 43.0 Å². The van der Waals surface area contributed by atoms with Gasteiger partial charge in [-0.05, 0) is 28.5 Å². The second kappa shape index (κ2) is 5.50. The van der Waals surface area contributed by atoms with Gasteiger partial charge in [0.1, 0.15) is 0 Å². The fourth-order valence-corrected chi connectivity index (χ4v) is 2.44. The third-order valence-corrected chi connectivity index (χ3v) is 4.41. The Morgan fingerprint density at radius 2 is 2.05 bits per heavy atom. The summed E-state index contributed by atoms with van der Waals surface area (Å²) >= 11 is 0. The summed E-state index contributed by atoms with van der Waals surface area (Å²) in [6.45, 7) is 0. The van der Waals surface area contributed by atoms with Crippen LogP contribution in [0.15, 0.2) is 33.8 Å². The predicted octanol–water partition coefficient (Wildman–Crippen LogP) is 0.154. The second-order valence-electron chi connectivity index (χ2n) is 4.27. The van der Waals surface area contributed by atoms with Crippen molar-refractivity contribution in [2.75, 3.05) is 25.1 Å². The molecule has 0 radical (unpaired) electrons. The Hall–Kier alpha value is -2.46. The first kappa shape index (κ1) is 14.9. The van der Waals surface area contributed by atoms with Crippen LogP contribution in [-0.2, 0) is 10.0 Å². The first-order valence-corrected chi connectivity index (χ1v) is 7.18. The molecule has 1 heterocycles. The van der Waals surface area contributed by atoms with E-state index < -0.39 is 15.9 Å². The van der Waals surface area contributed by atoms with Crippen LogP contribution in [0.4, 0.5) is 11.5 Å². The lowest BCUT2D eigenvalue weighted by Crippen LogP contribution is -2.22. The summed E-state index contributed by atoms with van der Waals surface area (Å²) in [5.41, 5.74) is 5.52. The number of nitrogens with one attached hydrogen (secondary N) is 1. The molecule has 0 aliphatic heterocycles. The Labute approximate surface area is 120 Å². The normalized spacial score (nSPS) is 11.6. The Kier molecular flexibility index (Phi) is 3.91. The third-order valence-electron chi connectivity index (χ3n) is 2.60. The number of carbonyl (C=O) groups excluding carboxylic acids is 1. The molecule has 1 amide bonds. The molecule has 10 heteroatoms. The van der Waals surface area contributed by atoms with Gasteiger partial charge in [0.25, 0.3) is 5.91 Å². The van der Waals surface area contributed by atoms with Crippen LogP contribution in [0.1, 0.15) is 10.5 Å². The second-order valence-corrected chi connectivity index (χ2v) is 6.42. The van der Waals surface area contributed by atoms with Gasteiger partial charge in [0.2, 0.25) is 21.5 Å². The molecule has 3 N–H and O–H groups in total. The summed E-state index contributed by atoms with van der Waals surface area (Å²) in [5, 5.41) is 9.12.